The molecule has 0 aliphatic heterocycles. The summed E-state index contributed by atoms with van der Waals surface area (Å²) in [6.07, 6.45) is 3.00. The number of hydrogen-bond donors (Lipinski definition) is 1. The molecule has 1 aromatic carbocycles. The number of rotatable bonds is 6. The van der Waals surface area contributed by atoms with Gasteiger partial charge in [-0.15, -0.1) is 0 Å². The molecule has 19 heavy (non-hydrogen) atoms. The van der Waals surface area contributed by atoms with Crippen LogP contribution in [-0.4, -0.2) is 28.3 Å². The summed E-state index contributed by atoms with van der Waals surface area (Å²) >= 11 is 0. The number of nitrogens with two attached hydrogens (primary N) is 1. The molecule has 0 atom stereocenters. The van der Waals surface area contributed by atoms with Gasteiger partial charge in [0.1, 0.15) is 5.82 Å². The molecule has 2 rings (SSSR count). The molecule has 0 saturated heterocycles. The molecule has 2 N–H and O–H groups in total. The van der Waals surface area contributed by atoms with Crippen LogP contribution in [0.15, 0.2) is 36.5 Å². The Balaban J connectivity index is 1.74. The van der Waals surface area contributed by atoms with Crippen LogP contribution in [0.2, 0.25) is 0 Å². The van der Waals surface area contributed by atoms with Gasteiger partial charge in [0.15, 0.2) is 0 Å². The van der Waals surface area contributed by atoms with E-state index in [2.05, 4.69) is 48.2 Å². The molecule has 0 unspecified atom stereocenters. The second kappa shape index (κ2) is 6.38. The zero-order valence-corrected chi connectivity index (χ0v) is 11.7. The number of anilines is 1. The second-order valence-electron chi connectivity index (χ2n) is 5.08. The molecule has 4 nitrogen and oxygen atoms in total. The van der Waals surface area contributed by atoms with Crippen LogP contribution in [0.25, 0.3) is 0 Å². The first-order valence-corrected chi connectivity index (χ1v) is 6.66. The number of aryl methyl sites for hydroxylation is 2. The lowest BCUT2D eigenvalue weighted by Gasteiger charge is -2.16. The van der Waals surface area contributed by atoms with Crippen molar-refractivity contribution >= 4 is 5.82 Å². The van der Waals surface area contributed by atoms with Gasteiger partial charge in [0.05, 0.1) is 0 Å². The van der Waals surface area contributed by atoms with Gasteiger partial charge in [-0.3, -0.25) is 4.68 Å². The molecule has 4 heteroatoms. The van der Waals surface area contributed by atoms with E-state index >= 15 is 0 Å². The monoisotopic (exact) mass is 258 g/mol. The number of benzene rings is 1. The Hall–Kier alpha value is -1.81. The molecule has 1 heterocycles. The van der Waals surface area contributed by atoms with Crippen LogP contribution in [0.1, 0.15) is 17.5 Å². The molecule has 102 valence electrons. The molecular weight excluding hydrogens is 236 g/mol. The van der Waals surface area contributed by atoms with Gasteiger partial charge in [-0.2, -0.15) is 5.10 Å². The number of nitrogens with zero attached hydrogens (tertiary/aromatic N) is 3. The van der Waals surface area contributed by atoms with Crippen LogP contribution in [-0.2, 0) is 13.1 Å². The first-order valence-electron chi connectivity index (χ1n) is 6.66. The predicted molar refractivity (Wildman–Crippen MR) is 78.8 cm³/mol. The van der Waals surface area contributed by atoms with Crippen LogP contribution < -0.4 is 5.73 Å². The lowest BCUT2D eigenvalue weighted by Crippen LogP contribution is -2.20. The van der Waals surface area contributed by atoms with Crippen molar-refractivity contribution in [2.24, 2.45) is 0 Å². The highest BCUT2D eigenvalue weighted by atomic mass is 15.3. The summed E-state index contributed by atoms with van der Waals surface area (Å²) in [5.74, 6) is 0.591. The Labute approximate surface area is 114 Å². The molecule has 1 aromatic heterocycles. The Morgan fingerprint density at radius 1 is 1.32 bits per heavy atom. The molecule has 0 spiro atoms. The largest absolute Gasteiger partial charge is 0.382 e. The third-order valence-corrected chi connectivity index (χ3v) is 3.12. The van der Waals surface area contributed by atoms with Crippen LogP contribution in [0.4, 0.5) is 5.82 Å². The maximum Gasteiger partial charge on any atom is 0.145 e. The van der Waals surface area contributed by atoms with Gasteiger partial charge in [-0.25, -0.2) is 0 Å². The summed E-state index contributed by atoms with van der Waals surface area (Å²) in [4.78, 5) is 2.33. The molecule has 2 aromatic rings. The zero-order chi connectivity index (χ0) is 13.7. The topological polar surface area (TPSA) is 47.1 Å². The van der Waals surface area contributed by atoms with Crippen molar-refractivity contribution in [3.63, 3.8) is 0 Å². The van der Waals surface area contributed by atoms with Gasteiger partial charge in [-0.05, 0) is 38.6 Å². The van der Waals surface area contributed by atoms with Gasteiger partial charge in [0.25, 0.3) is 0 Å². The first kappa shape index (κ1) is 13.6. The smallest absolute Gasteiger partial charge is 0.145 e. The van der Waals surface area contributed by atoms with Crippen molar-refractivity contribution in [2.75, 3.05) is 19.3 Å². The number of aromatic nitrogens is 2. The summed E-state index contributed by atoms with van der Waals surface area (Å²) in [5.41, 5.74) is 8.27. The van der Waals surface area contributed by atoms with Gasteiger partial charge in [-0.1, -0.05) is 29.8 Å². The average Bonchev–Trinajstić information content (AvgIpc) is 2.75. The highest BCUT2D eigenvalue weighted by Gasteiger charge is 2.01. The molecule has 0 fully saturated rings. The Bertz CT molecular complexity index is 518. The highest BCUT2D eigenvalue weighted by Crippen LogP contribution is 2.07. The van der Waals surface area contributed by atoms with Crippen molar-refractivity contribution in [1.82, 2.24) is 14.7 Å². The first-order chi connectivity index (χ1) is 9.13. The van der Waals surface area contributed by atoms with Crippen LogP contribution in [0, 0.1) is 6.92 Å². The van der Waals surface area contributed by atoms with Gasteiger partial charge < -0.3 is 10.6 Å². The Morgan fingerprint density at radius 2 is 2.16 bits per heavy atom. The van der Waals surface area contributed by atoms with Crippen molar-refractivity contribution in [1.29, 1.82) is 0 Å². The van der Waals surface area contributed by atoms with Gasteiger partial charge >= 0.3 is 0 Å². The van der Waals surface area contributed by atoms with E-state index in [0.29, 0.717) is 5.82 Å². The second-order valence-corrected chi connectivity index (χ2v) is 5.08. The van der Waals surface area contributed by atoms with Gasteiger partial charge in [0, 0.05) is 19.3 Å². The summed E-state index contributed by atoms with van der Waals surface area (Å²) in [5, 5.41) is 4.18. The quantitative estimate of drug-likeness (QED) is 0.865. The lowest BCUT2D eigenvalue weighted by molar-refractivity contribution is 0.311. The summed E-state index contributed by atoms with van der Waals surface area (Å²) in [6.45, 7) is 5.08. The minimum absolute atomic E-state index is 0.591. The van der Waals surface area contributed by atoms with E-state index < -0.39 is 0 Å². The maximum absolute atomic E-state index is 5.58. The molecule has 0 saturated carbocycles. The molecular formula is C15H22N4. The van der Waals surface area contributed by atoms with E-state index in [1.165, 1.54) is 11.1 Å². The number of hydrogen-bond acceptors (Lipinski definition) is 3. The van der Waals surface area contributed by atoms with E-state index in [0.717, 1.165) is 26.1 Å². The van der Waals surface area contributed by atoms with Crippen LogP contribution in [0.5, 0.6) is 0 Å². The molecule has 0 aliphatic carbocycles. The predicted octanol–water partition coefficient (Wildman–Crippen LogP) is 2.30. The molecule has 0 radical (unpaired) electrons. The van der Waals surface area contributed by atoms with Crippen molar-refractivity contribution < 1.29 is 0 Å². The molecule has 0 amide bonds. The standard InChI is InChI=1S/C15H22N4/c1-13-5-3-6-14(11-13)12-18(2)8-4-9-19-10-7-15(16)17-19/h3,5-7,10-11H,4,8-9,12H2,1-2H3,(H2,16,17). The van der Waals surface area contributed by atoms with Crippen LogP contribution >= 0.6 is 0 Å². The molecule has 0 aliphatic rings. The minimum Gasteiger partial charge on any atom is -0.382 e. The maximum atomic E-state index is 5.58. The van der Waals surface area contributed by atoms with E-state index in [9.17, 15) is 0 Å². The fourth-order valence-electron chi connectivity index (χ4n) is 2.21. The Morgan fingerprint density at radius 3 is 2.84 bits per heavy atom. The SMILES string of the molecule is Cc1cccc(CN(C)CCCn2ccc(N)n2)c1. The van der Waals surface area contributed by atoms with Crippen molar-refractivity contribution in [3.8, 4) is 0 Å². The third-order valence-electron chi connectivity index (χ3n) is 3.12. The minimum atomic E-state index is 0.591. The summed E-state index contributed by atoms with van der Waals surface area (Å²) in [7, 11) is 2.15. The van der Waals surface area contributed by atoms with Crippen molar-refractivity contribution in [2.45, 2.75) is 26.4 Å². The lowest BCUT2D eigenvalue weighted by atomic mass is 10.1. The molecule has 0 bridgehead atoms. The summed E-state index contributed by atoms with van der Waals surface area (Å²) < 4.78 is 1.90. The van der Waals surface area contributed by atoms with E-state index in [1.54, 1.807) is 0 Å². The van der Waals surface area contributed by atoms with E-state index in [4.69, 9.17) is 5.73 Å². The Kier molecular flexibility index (Phi) is 4.58. The normalized spacial score (nSPS) is 11.1. The highest BCUT2D eigenvalue weighted by molar-refractivity contribution is 5.23. The number of nitrogen functional groups attached to an aromatic ring is 1. The average molecular weight is 258 g/mol. The van der Waals surface area contributed by atoms with Crippen LogP contribution in [0.3, 0.4) is 0 Å². The van der Waals surface area contributed by atoms with Gasteiger partial charge in [0.2, 0.25) is 0 Å². The third kappa shape index (κ3) is 4.41. The zero-order valence-electron chi connectivity index (χ0n) is 11.7. The van der Waals surface area contributed by atoms with E-state index in [-0.39, 0.29) is 0 Å². The van der Waals surface area contributed by atoms with Crippen molar-refractivity contribution in [3.05, 3.63) is 47.7 Å². The van der Waals surface area contributed by atoms with E-state index in [1.807, 2.05) is 16.9 Å². The fourth-order valence-corrected chi connectivity index (χ4v) is 2.21. The fraction of sp³-hybridized carbons (Fsp3) is 0.400. The summed E-state index contributed by atoms with van der Waals surface area (Å²) in [6, 6.07) is 10.5.